The van der Waals surface area contributed by atoms with Gasteiger partial charge >= 0.3 is 0 Å². The van der Waals surface area contributed by atoms with E-state index in [0.717, 1.165) is 13.0 Å². The number of hydrogen-bond donors (Lipinski definition) is 1. The standard InChI is InChI=1S/C11H23NO/c1-12(2)9-5-7-10-6-3-4-8-11(10)13/h10-11,13H,3-9H2,1-2H3. The third-order valence-electron chi connectivity index (χ3n) is 3.05. The molecule has 1 saturated carbocycles. The van der Waals surface area contributed by atoms with E-state index in [4.69, 9.17) is 0 Å². The van der Waals surface area contributed by atoms with Gasteiger partial charge in [0.2, 0.25) is 0 Å². The molecule has 0 bridgehead atoms. The predicted octanol–water partition coefficient (Wildman–Crippen LogP) is 1.88. The second-order valence-electron chi connectivity index (χ2n) is 4.56. The van der Waals surface area contributed by atoms with Gasteiger partial charge in [-0.15, -0.1) is 0 Å². The molecule has 0 aliphatic heterocycles. The van der Waals surface area contributed by atoms with Crippen LogP contribution in [-0.2, 0) is 0 Å². The van der Waals surface area contributed by atoms with Crippen LogP contribution in [0.5, 0.6) is 0 Å². The summed E-state index contributed by atoms with van der Waals surface area (Å²) in [4.78, 5) is 2.22. The lowest BCUT2D eigenvalue weighted by atomic mass is 9.83. The first kappa shape index (κ1) is 11.0. The van der Waals surface area contributed by atoms with Crippen LogP contribution in [0.4, 0.5) is 0 Å². The molecule has 1 aliphatic rings. The number of rotatable bonds is 4. The van der Waals surface area contributed by atoms with Gasteiger partial charge in [-0.2, -0.15) is 0 Å². The van der Waals surface area contributed by atoms with E-state index < -0.39 is 0 Å². The maximum atomic E-state index is 9.72. The van der Waals surface area contributed by atoms with Gasteiger partial charge in [0.25, 0.3) is 0 Å². The summed E-state index contributed by atoms with van der Waals surface area (Å²) in [5, 5.41) is 9.72. The minimum absolute atomic E-state index is 0.00378. The first-order valence-electron chi connectivity index (χ1n) is 5.53. The van der Waals surface area contributed by atoms with Crippen LogP contribution >= 0.6 is 0 Å². The van der Waals surface area contributed by atoms with E-state index >= 15 is 0 Å². The van der Waals surface area contributed by atoms with Crippen molar-refractivity contribution < 1.29 is 5.11 Å². The van der Waals surface area contributed by atoms with Crippen molar-refractivity contribution in [2.24, 2.45) is 5.92 Å². The Kier molecular flexibility index (Phi) is 4.74. The van der Waals surface area contributed by atoms with E-state index in [1.807, 2.05) is 0 Å². The predicted molar refractivity (Wildman–Crippen MR) is 55.8 cm³/mol. The van der Waals surface area contributed by atoms with Crippen LogP contribution in [0.3, 0.4) is 0 Å². The maximum absolute atomic E-state index is 9.72. The molecule has 1 rings (SSSR count). The molecule has 1 aliphatic carbocycles. The zero-order chi connectivity index (χ0) is 9.68. The van der Waals surface area contributed by atoms with E-state index in [2.05, 4.69) is 19.0 Å². The number of nitrogens with zero attached hydrogens (tertiary/aromatic N) is 1. The lowest BCUT2D eigenvalue weighted by Crippen LogP contribution is -2.25. The molecular weight excluding hydrogens is 162 g/mol. The van der Waals surface area contributed by atoms with Crippen LogP contribution in [0.2, 0.25) is 0 Å². The normalized spacial score (nSPS) is 29.5. The SMILES string of the molecule is CN(C)CCCC1CCCCC1O. The summed E-state index contributed by atoms with van der Waals surface area (Å²) >= 11 is 0. The molecule has 0 saturated heterocycles. The van der Waals surface area contributed by atoms with Crippen molar-refractivity contribution in [2.45, 2.75) is 44.6 Å². The maximum Gasteiger partial charge on any atom is 0.0568 e. The molecule has 0 radical (unpaired) electrons. The highest BCUT2D eigenvalue weighted by atomic mass is 16.3. The van der Waals surface area contributed by atoms with Gasteiger partial charge in [-0.3, -0.25) is 0 Å². The van der Waals surface area contributed by atoms with Crippen LogP contribution < -0.4 is 0 Å². The number of aliphatic hydroxyl groups is 1. The summed E-state index contributed by atoms with van der Waals surface area (Å²) in [6, 6.07) is 0. The summed E-state index contributed by atoms with van der Waals surface area (Å²) in [6.07, 6.45) is 7.26. The molecule has 0 heterocycles. The van der Waals surface area contributed by atoms with Gasteiger partial charge in [0, 0.05) is 0 Å². The van der Waals surface area contributed by atoms with Gasteiger partial charge in [-0.05, 0) is 52.2 Å². The molecule has 0 aromatic carbocycles. The van der Waals surface area contributed by atoms with Gasteiger partial charge in [-0.1, -0.05) is 12.8 Å². The fourth-order valence-electron chi connectivity index (χ4n) is 2.19. The molecule has 0 spiro atoms. The van der Waals surface area contributed by atoms with E-state index in [1.54, 1.807) is 0 Å². The van der Waals surface area contributed by atoms with E-state index in [0.29, 0.717) is 5.92 Å². The molecule has 0 aromatic rings. The van der Waals surface area contributed by atoms with Crippen LogP contribution in [0.25, 0.3) is 0 Å². The van der Waals surface area contributed by atoms with Crippen molar-refractivity contribution >= 4 is 0 Å². The summed E-state index contributed by atoms with van der Waals surface area (Å²) < 4.78 is 0. The molecule has 1 N–H and O–H groups in total. The summed E-state index contributed by atoms with van der Waals surface area (Å²) in [5.41, 5.74) is 0. The average Bonchev–Trinajstić information content (AvgIpc) is 2.08. The van der Waals surface area contributed by atoms with Crippen LogP contribution in [-0.4, -0.2) is 36.8 Å². The molecule has 2 heteroatoms. The molecular formula is C11H23NO. The van der Waals surface area contributed by atoms with Gasteiger partial charge in [0.15, 0.2) is 0 Å². The van der Waals surface area contributed by atoms with Crippen molar-refractivity contribution in [2.75, 3.05) is 20.6 Å². The highest BCUT2D eigenvalue weighted by Crippen LogP contribution is 2.27. The lowest BCUT2D eigenvalue weighted by molar-refractivity contribution is 0.0632. The molecule has 2 atom stereocenters. The molecule has 78 valence electrons. The monoisotopic (exact) mass is 185 g/mol. The highest BCUT2D eigenvalue weighted by Gasteiger charge is 2.22. The fourth-order valence-corrected chi connectivity index (χ4v) is 2.19. The fraction of sp³-hybridized carbons (Fsp3) is 1.00. The second-order valence-corrected chi connectivity index (χ2v) is 4.56. The third kappa shape index (κ3) is 4.10. The van der Waals surface area contributed by atoms with Crippen molar-refractivity contribution in [3.05, 3.63) is 0 Å². The summed E-state index contributed by atoms with van der Waals surface area (Å²) in [5.74, 6) is 0.591. The van der Waals surface area contributed by atoms with Crippen LogP contribution in [0.1, 0.15) is 38.5 Å². The molecule has 13 heavy (non-hydrogen) atoms. The Bertz CT molecular complexity index is 136. The Morgan fingerprint density at radius 2 is 1.92 bits per heavy atom. The van der Waals surface area contributed by atoms with Gasteiger partial charge in [-0.25, -0.2) is 0 Å². The molecule has 2 nitrogen and oxygen atoms in total. The molecule has 0 amide bonds. The van der Waals surface area contributed by atoms with Crippen molar-refractivity contribution in [3.8, 4) is 0 Å². The minimum Gasteiger partial charge on any atom is -0.393 e. The highest BCUT2D eigenvalue weighted by molar-refractivity contribution is 4.74. The zero-order valence-electron chi connectivity index (χ0n) is 9.00. The Labute approximate surface area is 81.9 Å². The Morgan fingerprint density at radius 3 is 2.54 bits per heavy atom. The van der Waals surface area contributed by atoms with Crippen LogP contribution in [0, 0.1) is 5.92 Å². The second kappa shape index (κ2) is 5.61. The average molecular weight is 185 g/mol. The van der Waals surface area contributed by atoms with Gasteiger partial charge in [0.05, 0.1) is 6.10 Å². The van der Waals surface area contributed by atoms with Gasteiger partial charge in [0.1, 0.15) is 0 Å². The Balaban J connectivity index is 2.11. The number of aliphatic hydroxyl groups excluding tert-OH is 1. The summed E-state index contributed by atoms with van der Waals surface area (Å²) in [7, 11) is 4.22. The van der Waals surface area contributed by atoms with E-state index in [1.165, 1.54) is 32.1 Å². The largest absolute Gasteiger partial charge is 0.393 e. The van der Waals surface area contributed by atoms with Gasteiger partial charge < -0.3 is 10.0 Å². The summed E-state index contributed by atoms with van der Waals surface area (Å²) in [6.45, 7) is 1.16. The van der Waals surface area contributed by atoms with Crippen molar-refractivity contribution in [1.29, 1.82) is 0 Å². The minimum atomic E-state index is -0.00378. The molecule has 1 fully saturated rings. The molecule has 2 unspecified atom stereocenters. The lowest BCUT2D eigenvalue weighted by Gasteiger charge is -2.27. The first-order chi connectivity index (χ1) is 6.20. The van der Waals surface area contributed by atoms with E-state index in [9.17, 15) is 5.11 Å². The van der Waals surface area contributed by atoms with Crippen molar-refractivity contribution in [3.63, 3.8) is 0 Å². The third-order valence-corrected chi connectivity index (χ3v) is 3.05. The van der Waals surface area contributed by atoms with Crippen LogP contribution in [0.15, 0.2) is 0 Å². The molecule has 0 aromatic heterocycles. The Hall–Kier alpha value is -0.0800. The zero-order valence-corrected chi connectivity index (χ0v) is 9.00. The quantitative estimate of drug-likeness (QED) is 0.723. The van der Waals surface area contributed by atoms with Crippen molar-refractivity contribution in [1.82, 2.24) is 4.90 Å². The number of hydrogen-bond acceptors (Lipinski definition) is 2. The topological polar surface area (TPSA) is 23.5 Å². The smallest absolute Gasteiger partial charge is 0.0568 e. The van der Waals surface area contributed by atoms with E-state index in [-0.39, 0.29) is 6.10 Å². The first-order valence-corrected chi connectivity index (χ1v) is 5.53. The Morgan fingerprint density at radius 1 is 1.23 bits per heavy atom.